The first kappa shape index (κ1) is 18.3. The summed E-state index contributed by atoms with van der Waals surface area (Å²) in [5.41, 5.74) is 0. The monoisotopic (exact) mass is 129 g/mol. The van der Waals surface area contributed by atoms with E-state index in [0.717, 1.165) is 0 Å². The molecule has 1 radical (unpaired) electrons. The minimum absolute atomic E-state index is 0. The summed E-state index contributed by atoms with van der Waals surface area (Å²) >= 11 is 0. The first-order valence-electron chi connectivity index (χ1n) is 0.365. The van der Waals surface area contributed by atoms with E-state index in [-0.39, 0.29) is 17.1 Å². The van der Waals surface area contributed by atoms with E-state index in [9.17, 15) is 0 Å². The second-order valence-electron chi connectivity index (χ2n) is 0. The minimum atomic E-state index is 0. The molecule has 0 rings (SSSR count). The van der Waals surface area contributed by atoms with Crippen molar-refractivity contribution >= 4 is 0 Å². The van der Waals surface area contributed by atoms with Gasteiger partial charge in [-0.25, -0.2) is 0 Å². The van der Waals surface area contributed by atoms with Crippen molar-refractivity contribution < 1.29 is 38.1 Å². The van der Waals surface area contributed by atoms with Gasteiger partial charge in [-0.1, -0.05) is 0 Å². The van der Waals surface area contributed by atoms with Crippen LogP contribution in [0.2, 0.25) is 0 Å². The summed E-state index contributed by atoms with van der Waals surface area (Å²) in [7, 11) is 0. The molecule has 0 amide bonds. The predicted octanol–water partition coefficient (Wildman–Crippen LogP) is -2.36. The van der Waals surface area contributed by atoms with E-state index >= 15 is 0 Å². The Hall–Kier alpha value is 0.359. The van der Waals surface area contributed by atoms with E-state index in [2.05, 4.69) is 0 Å². The Kier molecular flexibility index (Phi) is 1390. The van der Waals surface area contributed by atoms with Gasteiger partial charge in [0.1, 0.15) is 0 Å². The quantitative estimate of drug-likeness (QED) is 0.218. The van der Waals surface area contributed by atoms with Crippen LogP contribution in [0.5, 0.6) is 0 Å². The summed E-state index contributed by atoms with van der Waals surface area (Å²) in [6.07, 6.45) is 0. The average Bonchev–Trinajstić information content (AvgIpc) is 1.50. The molecule has 0 aromatic carbocycles. The molecule has 0 unspecified atom stereocenters. The van der Waals surface area contributed by atoms with Crippen molar-refractivity contribution in [2.75, 3.05) is 0 Å². The van der Waals surface area contributed by atoms with Crippen molar-refractivity contribution in [3.8, 4) is 0 Å². The normalized spacial score (nSPS) is 2.40. The van der Waals surface area contributed by atoms with Gasteiger partial charge in [0.25, 0.3) is 0 Å². The summed E-state index contributed by atoms with van der Waals surface area (Å²) < 4.78 is 0. The molecule has 0 aromatic rings. The van der Waals surface area contributed by atoms with Crippen molar-refractivity contribution in [3.05, 3.63) is 0 Å². The van der Waals surface area contributed by atoms with Crippen LogP contribution in [-0.2, 0) is 17.1 Å². The van der Waals surface area contributed by atoms with E-state index in [1.807, 2.05) is 0 Å². The zero-order valence-electron chi connectivity index (χ0n) is 2.01. The van der Waals surface area contributed by atoms with Crippen molar-refractivity contribution in [2.45, 2.75) is 0 Å². The molecule has 37 valence electrons. The van der Waals surface area contributed by atoms with Gasteiger partial charge in [0.15, 0.2) is 0 Å². The van der Waals surface area contributed by atoms with Gasteiger partial charge in [-0.2, -0.15) is 0 Å². The molecule has 0 saturated carbocycles. The number of hydrogen-bond acceptors (Lipinski definition) is 4. The summed E-state index contributed by atoms with van der Waals surface area (Å²) in [4.78, 5) is 0. The third kappa shape index (κ3) is 188. The van der Waals surface area contributed by atoms with Crippen LogP contribution in [0.3, 0.4) is 0 Å². The van der Waals surface area contributed by atoms with Crippen LogP contribution in [-0.4, -0.2) is 10.5 Å². The van der Waals surface area contributed by atoms with Crippen LogP contribution in [0.25, 0.3) is 0 Å². The number of rotatable bonds is 0. The largest absolute Gasteiger partial charge is 2.00 e. The summed E-state index contributed by atoms with van der Waals surface area (Å²) in [6, 6.07) is 0. The van der Waals surface area contributed by atoms with E-state index in [1.54, 1.807) is 0 Å². The molecule has 2 N–H and O–H groups in total. The summed E-state index contributed by atoms with van der Waals surface area (Å²) in [5.74, 6) is 0. The molecule has 5 heavy (non-hydrogen) atoms. The van der Waals surface area contributed by atoms with E-state index in [4.69, 9.17) is 21.0 Å². The summed E-state index contributed by atoms with van der Waals surface area (Å²) in [5, 5.41) is 26.0. The van der Waals surface area contributed by atoms with Gasteiger partial charge in [0, 0.05) is 0 Å². The topological polar surface area (TPSA) is 86.6 Å². The molecule has 5 heteroatoms. The number of hydrogen-bond donors (Lipinski definition) is 2. The second kappa shape index (κ2) is 381. The van der Waals surface area contributed by atoms with E-state index in [0.29, 0.717) is 0 Å². The molecule has 0 atom stereocenters. The van der Waals surface area contributed by atoms with Crippen molar-refractivity contribution in [3.63, 3.8) is 0 Å². The van der Waals surface area contributed by atoms with Crippen LogP contribution in [0.4, 0.5) is 0 Å². The fourth-order valence-electron chi connectivity index (χ4n) is 0. The molecule has 0 aliphatic carbocycles. The van der Waals surface area contributed by atoms with Crippen LogP contribution < -0.4 is 10.5 Å². The smallest absolute Gasteiger partial charge is 0.727 e. The Balaban J connectivity index is -0.0000000133. The molecule has 0 aliphatic rings. The Bertz CT molecular complexity index is 3.61. The Labute approximate surface area is 39.0 Å². The summed E-state index contributed by atoms with van der Waals surface area (Å²) in [6.45, 7) is 0. The maximum Gasteiger partial charge on any atom is 2.00 e. The fraction of sp³-hybridized carbons (Fsp3) is 0. The SMILES string of the molecule is [Cu+2].[O-]O.[O-]O. The first-order valence-corrected chi connectivity index (χ1v) is 0.365. The molecule has 0 saturated heterocycles. The van der Waals surface area contributed by atoms with Gasteiger partial charge >= 0.3 is 17.1 Å². The average molecular weight is 130 g/mol. The van der Waals surface area contributed by atoms with Gasteiger partial charge in [-0.05, 0) is 0 Å². The predicted molar refractivity (Wildman–Crippen MR) is 5.26 cm³/mol. The first-order chi connectivity index (χ1) is 2.00. The minimum Gasteiger partial charge on any atom is -0.727 e. The Morgan fingerprint density at radius 2 is 0.800 bits per heavy atom. The Morgan fingerprint density at radius 3 is 0.800 bits per heavy atom. The van der Waals surface area contributed by atoms with Gasteiger partial charge in [-0.3, -0.25) is 0 Å². The molecule has 0 fully saturated rings. The molecule has 0 aliphatic heterocycles. The molecular weight excluding hydrogens is 128 g/mol. The van der Waals surface area contributed by atoms with Gasteiger partial charge in [0.05, 0.1) is 0 Å². The zero-order valence-corrected chi connectivity index (χ0v) is 2.95. The zero-order chi connectivity index (χ0) is 4.00. The van der Waals surface area contributed by atoms with Crippen molar-refractivity contribution in [1.82, 2.24) is 0 Å². The van der Waals surface area contributed by atoms with Crippen LogP contribution >= 0.6 is 0 Å². The fourth-order valence-corrected chi connectivity index (χ4v) is 0. The third-order valence-electron chi connectivity index (χ3n) is 0. The third-order valence-corrected chi connectivity index (χ3v) is 0. The van der Waals surface area contributed by atoms with Gasteiger partial charge in [0.2, 0.25) is 0 Å². The molecule has 0 aromatic heterocycles. The van der Waals surface area contributed by atoms with Crippen LogP contribution in [0.1, 0.15) is 0 Å². The van der Waals surface area contributed by atoms with Crippen LogP contribution in [0, 0.1) is 0 Å². The van der Waals surface area contributed by atoms with Crippen molar-refractivity contribution in [1.29, 1.82) is 0 Å². The molecule has 0 heterocycles. The molecule has 0 bridgehead atoms. The van der Waals surface area contributed by atoms with E-state index < -0.39 is 0 Å². The van der Waals surface area contributed by atoms with Gasteiger partial charge < -0.3 is 21.0 Å². The van der Waals surface area contributed by atoms with Gasteiger partial charge in [-0.15, -0.1) is 0 Å². The Morgan fingerprint density at radius 1 is 0.800 bits per heavy atom. The standard InChI is InChI=1S/Cu.2H2O2/c;2*1-2/h;2*1-2H/q+2;;/p-2. The van der Waals surface area contributed by atoms with Crippen molar-refractivity contribution in [2.24, 2.45) is 0 Å². The molecule has 0 spiro atoms. The maximum absolute atomic E-state index is 7.25. The maximum atomic E-state index is 7.25. The molecule has 4 nitrogen and oxygen atoms in total. The van der Waals surface area contributed by atoms with E-state index in [1.165, 1.54) is 0 Å². The van der Waals surface area contributed by atoms with Crippen LogP contribution in [0.15, 0.2) is 0 Å². The second-order valence-corrected chi connectivity index (χ2v) is 0. The molecular formula is H2CuO4.